The van der Waals surface area contributed by atoms with Crippen LogP contribution >= 0.6 is 0 Å². The standard InChI is InChI=1S/C15H27N3O/c1-12(2)15(11-19)16-10-13-8-9-18(17-13)14-6-4-3-5-7-14/h8-9,12,14-16,19H,3-7,10-11H2,1-2H3/t15-/m1/s1. The third-order valence-corrected chi connectivity index (χ3v) is 4.16. The summed E-state index contributed by atoms with van der Waals surface area (Å²) in [6, 6.07) is 2.84. The molecule has 1 aromatic heterocycles. The zero-order valence-electron chi connectivity index (χ0n) is 12.2. The molecule has 1 aliphatic carbocycles. The summed E-state index contributed by atoms with van der Waals surface area (Å²) in [6.07, 6.45) is 8.67. The number of nitrogens with zero attached hydrogens (tertiary/aromatic N) is 2. The molecule has 1 saturated carbocycles. The van der Waals surface area contributed by atoms with Gasteiger partial charge < -0.3 is 10.4 Å². The summed E-state index contributed by atoms with van der Waals surface area (Å²) in [5.74, 6) is 0.436. The summed E-state index contributed by atoms with van der Waals surface area (Å²) in [5.41, 5.74) is 1.07. The van der Waals surface area contributed by atoms with Crippen LogP contribution in [0.15, 0.2) is 12.3 Å². The number of hydrogen-bond donors (Lipinski definition) is 2. The molecule has 0 radical (unpaired) electrons. The Kier molecular flexibility index (Phi) is 5.40. The third kappa shape index (κ3) is 4.05. The van der Waals surface area contributed by atoms with E-state index in [0.29, 0.717) is 12.0 Å². The first-order chi connectivity index (χ1) is 9.20. The van der Waals surface area contributed by atoms with Gasteiger partial charge in [0.1, 0.15) is 0 Å². The van der Waals surface area contributed by atoms with Crippen LogP contribution in [0, 0.1) is 5.92 Å². The van der Waals surface area contributed by atoms with Crippen LogP contribution in [-0.2, 0) is 6.54 Å². The highest BCUT2D eigenvalue weighted by Crippen LogP contribution is 2.27. The predicted octanol–water partition coefficient (Wildman–Crippen LogP) is 2.49. The van der Waals surface area contributed by atoms with Crippen LogP contribution in [0.3, 0.4) is 0 Å². The van der Waals surface area contributed by atoms with Crippen LogP contribution in [0.1, 0.15) is 57.7 Å². The minimum Gasteiger partial charge on any atom is -0.395 e. The zero-order chi connectivity index (χ0) is 13.7. The van der Waals surface area contributed by atoms with Crippen LogP contribution in [0.25, 0.3) is 0 Å². The van der Waals surface area contributed by atoms with Gasteiger partial charge in [-0.3, -0.25) is 4.68 Å². The van der Waals surface area contributed by atoms with E-state index < -0.39 is 0 Å². The molecule has 0 spiro atoms. The van der Waals surface area contributed by atoms with E-state index in [1.165, 1.54) is 32.1 Å². The summed E-state index contributed by atoms with van der Waals surface area (Å²) in [5, 5.41) is 17.3. The molecule has 19 heavy (non-hydrogen) atoms. The van der Waals surface area contributed by atoms with Gasteiger partial charge in [0.05, 0.1) is 18.3 Å². The molecule has 1 aromatic rings. The van der Waals surface area contributed by atoms with Gasteiger partial charge >= 0.3 is 0 Å². The lowest BCUT2D eigenvalue weighted by molar-refractivity contribution is 0.209. The summed E-state index contributed by atoms with van der Waals surface area (Å²) < 4.78 is 2.14. The van der Waals surface area contributed by atoms with Gasteiger partial charge in [-0.05, 0) is 24.8 Å². The molecule has 0 saturated heterocycles. The largest absolute Gasteiger partial charge is 0.395 e. The molecule has 2 N–H and O–H groups in total. The van der Waals surface area contributed by atoms with Gasteiger partial charge in [-0.15, -0.1) is 0 Å². The lowest BCUT2D eigenvalue weighted by atomic mass is 9.96. The topological polar surface area (TPSA) is 50.1 Å². The summed E-state index contributed by atoms with van der Waals surface area (Å²) in [4.78, 5) is 0. The van der Waals surface area contributed by atoms with E-state index in [9.17, 15) is 5.11 Å². The van der Waals surface area contributed by atoms with Crippen molar-refractivity contribution < 1.29 is 5.11 Å². The van der Waals surface area contributed by atoms with Gasteiger partial charge in [0.25, 0.3) is 0 Å². The van der Waals surface area contributed by atoms with Crippen LogP contribution < -0.4 is 5.32 Å². The highest BCUT2D eigenvalue weighted by molar-refractivity contribution is 5.00. The number of aliphatic hydroxyl groups excluding tert-OH is 1. The molecule has 1 atom stereocenters. The van der Waals surface area contributed by atoms with Crippen molar-refractivity contribution in [3.05, 3.63) is 18.0 Å². The minimum atomic E-state index is 0.153. The zero-order valence-corrected chi connectivity index (χ0v) is 12.2. The number of hydrogen-bond acceptors (Lipinski definition) is 3. The Hall–Kier alpha value is -0.870. The second-order valence-corrected chi connectivity index (χ2v) is 5.99. The van der Waals surface area contributed by atoms with Crippen molar-refractivity contribution in [1.82, 2.24) is 15.1 Å². The van der Waals surface area contributed by atoms with Gasteiger partial charge in [-0.2, -0.15) is 5.10 Å². The maximum absolute atomic E-state index is 9.30. The molecule has 4 heteroatoms. The second kappa shape index (κ2) is 7.06. The normalized spacial score (nSPS) is 18.9. The van der Waals surface area contributed by atoms with Crippen molar-refractivity contribution in [2.24, 2.45) is 5.92 Å². The molecule has 1 fully saturated rings. The highest BCUT2D eigenvalue weighted by atomic mass is 16.3. The van der Waals surface area contributed by atoms with Crippen molar-refractivity contribution in [2.45, 2.75) is 64.6 Å². The fourth-order valence-electron chi connectivity index (χ4n) is 2.77. The summed E-state index contributed by atoms with van der Waals surface area (Å²) >= 11 is 0. The predicted molar refractivity (Wildman–Crippen MR) is 76.9 cm³/mol. The van der Waals surface area contributed by atoms with Crippen molar-refractivity contribution in [2.75, 3.05) is 6.61 Å². The van der Waals surface area contributed by atoms with E-state index in [2.05, 4.69) is 41.2 Å². The molecular formula is C15H27N3O. The first-order valence-corrected chi connectivity index (χ1v) is 7.59. The lowest BCUT2D eigenvalue weighted by Crippen LogP contribution is -2.36. The van der Waals surface area contributed by atoms with Gasteiger partial charge in [-0.1, -0.05) is 33.1 Å². The molecule has 1 aliphatic rings. The van der Waals surface area contributed by atoms with Gasteiger partial charge in [0.2, 0.25) is 0 Å². The van der Waals surface area contributed by atoms with Crippen LogP contribution in [0.4, 0.5) is 0 Å². The molecule has 1 heterocycles. The third-order valence-electron chi connectivity index (χ3n) is 4.16. The summed E-state index contributed by atoms with van der Waals surface area (Å²) in [6.45, 7) is 5.16. The van der Waals surface area contributed by atoms with Crippen molar-refractivity contribution >= 4 is 0 Å². The molecule has 0 aromatic carbocycles. The number of rotatable bonds is 6. The maximum Gasteiger partial charge on any atom is 0.0762 e. The Morgan fingerprint density at radius 2 is 2.11 bits per heavy atom. The number of aromatic nitrogens is 2. The quantitative estimate of drug-likeness (QED) is 0.831. The lowest BCUT2D eigenvalue weighted by Gasteiger charge is -2.22. The van der Waals surface area contributed by atoms with Gasteiger partial charge in [0, 0.05) is 18.8 Å². The Morgan fingerprint density at radius 1 is 1.37 bits per heavy atom. The van der Waals surface area contributed by atoms with Gasteiger partial charge in [-0.25, -0.2) is 0 Å². The molecule has 108 valence electrons. The monoisotopic (exact) mass is 265 g/mol. The van der Waals surface area contributed by atoms with Crippen molar-refractivity contribution in [3.63, 3.8) is 0 Å². The first-order valence-electron chi connectivity index (χ1n) is 7.59. The molecule has 2 rings (SSSR count). The summed E-state index contributed by atoms with van der Waals surface area (Å²) in [7, 11) is 0. The van der Waals surface area contributed by atoms with E-state index in [4.69, 9.17) is 0 Å². The molecule has 0 unspecified atom stereocenters. The minimum absolute atomic E-state index is 0.153. The smallest absolute Gasteiger partial charge is 0.0762 e. The van der Waals surface area contributed by atoms with E-state index in [1.807, 2.05) is 0 Å². The Morgan fingerprint density at radius 3 is 2.74 bits per heavy atom. The average molecular weight is 265 g/mol. The van der Waals surface area contributed by atoms with E-state index >= 15 is 0 Å². The molecular weight excluding hydrogens is 238 g/mol. The maximum atomic E-state index is 9.30. The fourth-order valence-corrected chi connectivity index (χ4v) is 2.77. The molecule has 0 aliphatic heterocycles. The van der Waals surface area contributed by atoms with Gasteiger partial charge in [0.15, 0.2) is 0 Å². The van der Waals surface area contributed by atoms with Crippen molar-refractivity contribution in [1.29, 1.82) is 0 Å². The highest BCUT2D eigenvalue weighted by Gasteiger charge is 2.16. The molecule has 0 bridgehead atoms. The first kappa shape index (κ1) is 14.5. The van der Waals surface area contributed by atoms with E-state index in [0.717, 1.165) is 12.2 Å². The van der Waals surface area contributed by atoms with Crippen LogP contribution in [0.2, 0.25) is 0 Å². The second-order valence-electron chi connectivity index (χ2n) is 5.99. The van der Waals surface area contributed by atoms with Crippen molar-refractivity contribution in [3.8, 4) is 0 Å². The van der Waals surface area contributed by atoms with E-state index in [-0.39, 0.29) is 12.6 Å². The molecule has 0 amide bonds. The Bertz CT molecular complexity index is 369. The average Bonchev–Trinajstić information content (AvgIpc) is 2.89. The van der Waals surface area contributed by atoms with Crippen LogP contribution in [0.5, 0.6) is 0 Å². The van der Waals surface area contributed by atoms with Crippen LogP contribution in [-0.4, -0.2) is 27.5 Å². The molecule has 4 nitrogen and oxygen atoms in total. The Balaban J connectivity index is 1.86. The number of aliphatic hydroxyl groups is 1. The van der Waals surface area contributed by atoms with E-state index in [1.54, 1.807) is 0 Å². The fraction of sp³-hybridized carbons (Fsp3) is 0.800. The number of nitrogens with one attached hydrogen (secondary N) is 1. The SMILES string of the molecule is CC(C)[C@@H](CO)NCc1ccn(C2CCCCC2)n1. The Labute approximate surface area is 116 Å².